The molecule has 0 fully saturated rings. The van der Waals surface area contributed by atoms with Crippen molar-refractivity contribution in [2.24, 2.45) is 0 Å². The molecule has 0 spiro atoms. The lowest BCUT2D eigenvalue weighted by Crippen LogP contribution is -2.18. The van der Waals surface area contributed by atoms with Crippen molar-refractivity contribution < 1.29 is 28.2 Å². The van der Waals surface area contributed by atoms with Crippen LogP contribution in [-0.4, -0.2) is 26.2 Å². The van der Waals surface area contributed by atoms with Crippen molar-refractivity contribution in [3.05, 3.63) is 41.7 Å². The summed E-state index contributed by atoms with van der Waals surface area (Å²) < 4.78 is 28.3. The fourth-order valence-electron chi connectivity index (χ4n) is 1.58. The fraction of sp³-hybridized carbons (Fsp3) is 0.286. The lowest BCUT2D eigenvalue weighted by Gasteiger charge is -2.19. The summed E-state index contributed by atoms with van der Waals surface area (Å²) >= 11 is 0. The summed E-state index contributed by atoms with van der Waals surface area (Å²) in [5.41, 5.74) is -0.218. The van der Waals surface area contributed by atoms with Crippen LogP contribution in [-0.2, 0) is 19.1 Å². The predicted octanol–water partition coefficient (Wildman–Crippen LogP) is 2.17. The van der Waals surface area contributed by atoms with E-state index in [9.17, 15) is 14.0 Å². The van der Waals surface area contributed by atoms with Gasteiger partial charge in [0.15, 0.2) is 6.10 Å². The van der Waals surface area contributed by atoms with Gasteiger partial charge in [0.1, 0.15) is 11.6 Å². The highest BCUT2D eigenvalue weighted by Gasteiger charge is 2.27. The van der Waals surface area contributed by atoms with Gasteiger partial charge in [0.25, 0.3) is 0 Å². The van der Waals surface area contributed by atoms with E-state index >= 15 is 0 Å². The maximum absolute atomic E-state index is 13.9. The second-order valence-corrected chi connectivity index (χ2v) is 3.89. The lowest BCUT2D eigenvalue weighted by atomic mass is 10.0. The molecule has 0 N–H and O–H groups in total. The minimum atomic E-state index is -1.27. The van der Waals surface area contributed by atoms with E-state index < -0.39 is 23.9 Å². The number of carbonyl (C=O) groups is 2. The number of methoxy groups -OCH3 is 2. The van der Waals surface area contributed by atoms with Gasteiger partial charge < -0.3 is 14.2 Å². The minimum absolute atomic E-state index is 0.0325. The summed E-state index contributed by atoms with van der Waals surface area (Å²) in [4.78, 5) is 22.6. The summed E-state index contributed by atoms with van der Waals surface area (Å²) in [7, 11) is 2.56. The first kappa shape index (κ1) is 15.7. The number of hydrogen-bond donors (Lipinski definition) is 0. The number of esters is 2. The van der Waals surface area contributed by atoms with Crippen molar-refractivity contribution in [3.8, 4) is 5.75 Å². The Labute approximate surface area is 115 Å². The van der Waals surface area contributed by atoms with Gasteiger partial charge in [-0.25, -0.2) is 9.18 Å². The van der Waals surface area contributed by atoms with Crippen molar-refractivity contribution in [2.45, 2.75) is 13.0 Å². The number of rotatable bonds is 5. The van der Waals surface area contributed by atoms with Crippen molar-refractivity contribution in [3.63, 3.8) is 0 Å². The molecule has 6 heteroatoms. The Morgan fingerprint density at radius 2 is 1.95 bits per heavy atom. The molecule has 0 saturated heterocycles. The molecular weight excluding hydrogens is 267 g/mol. The van der Waals surface area contributed by atoms with E-state index in [1.165, 1.54) is 19.2 Å². The smallest absolute Gasteiger partial charge is 0.337 e. The quantitative estimate of drug-likeness (QED) is 0.612. The van der Waals surface area contributed by atoms with Gasteiger partial charge in [0.05, 0.1) is 19.8 Å². The Hall–Kier alpha value is -2.37. The van der Waals surface area contributed by atoms with Crippen LogP contribution in [0, 0.1) is 5.82 Å². The molecule has 0 radical (unpaired) electrons. The third-order valence-electron chi connectivity index (χ3n) is 2.53. The molecule has 1 unspecified atom stereocenters. The van der Waals surface area contributed by atoms with E-state index in [0.29, 0.717) is 5.75 Å². The van der Waals surface area contributed by atoms with Crippen molar-refractivity contribution >= 4 is 11.9 Å². The average molecular weight is 282 g/mol. The molecule has 5 nitrogen and oxygen atoms in total. The third-order valence-corrected chi connectivity index (χ3v) is 2.53. The Balaban J connectivity index is 3.26. The first-order chi connectivity index (χ1) is 9.40. The second kappa shape index (κ2) is 6.70. The summed E-state index contributed by atoms with van der Waals surface area (Å²) in [6.07, 6.45) is -1.27. The molecule has 0 heterocycles. The monoisotopic (exact) mass is 282 g/mol. The average Bonchev–Trinajstić information content (AvgIpc) is 2.43. The third kappa shape index (κ3) is 3.57. The summed E-state index contributed by atoms with van der Waals surface area (Å²) in [5.74, 6) is -1.76. The Morgan fingerprint density at radius 3 is 2.45 bits per heavy atom. The molecule has 1 rings (SSSR count). The molecule has 0 aliphatic heterocycles. The standard InChI is InChI=1S/C14H15FO5/c1-8(14(17)19-4)13(20-9(2)16)11-7-10(18-3)5-6-12(11)15/h5-7,13H,1H2,2-4H3. The lowest BCUT2D eigenvalue weighted by molar-refractivity contribution is -0.147. The number of benzene rings is 1. The van der Waals surface area contributed by atoms with Crippen molar-refractivity contribution in [1.29, 1.82) is 0 Å². The minimum Gasteiger partial charge on any atom is -0.497 e. The van der Waals surface area contributed by atoms with Gasteiger partial charge >= 0.3 is 11.9 Å². The van der Waals surface area contributed by atoms with Gasteiger partial charge in [0.2, 0.25) is 0 Å². The van der Waals surface area contributed by atoms with Gasteiger partial charge in [-0.3, -0.25) is 4.79 Å². The van der Waals surface area contributed by atoms with E-state index in [1.54, 1.807) is 0 Å². The fourth-order valence-corrected chi connectivity index (χ4v) is 1.58. The summed E-state index contributed by atoms with van der Waals surface area (Å²) in [5, 5.41) is 0. The van der Waals surface area contributed by atoms with Crippen LogP contribution in [0.1, 0.15) is 18.6 Å². The Kier molecular flexibility index (Phi) is 5.25. The van der Waals surface area contributed by atoms with E-state index in [0.717, 1.165) is 20.1 Å². The first-order valence-corrected chi connectivity index (χ1v) is 5.68. The number of carbonyl (C=O) groups excluding carboxylic acids is 2. The van der Waals surface area contributed by atoms with Crippen LogP contribution in [0.25, 0.3) is 0 Å². The molecule has 1 atom stereocenters. The van der Waals surface area contributed by atoms with Gasteiger partial charge in [-0.1, -0.05) is 6.58 Å². The van der Waals surface area contributed by atoms with Crippen LogP contribution in [0.3, 0.4) is 0 Å². The Bertz CT molecular complexity index is 538. The van der Waals surface area contributed by atoms with E-state index in [2.05, 4.69) is 11.3 Å². The number of ether oxygens (including phenoxy) is 3. The highest BCUT2D eigenvalue weighted by molar-refractivity contribution is 5.89. The molecule has 0 aliphatic rings. The molecule has 0 bridgehead atoms. The highest BCUT2D eigenvalue weighted by Crippen LogP contribution is 2.30. The highest BCUT2D eigenvalue weighted by atomic mass is 19.1. The zero-order chi connectivity index (χ0) is 15.3. The van der Waals surface area contributed by atoms with Gasteiger partial charge in [-0.15, -0.1) is 0 Å². The van der Waals surface area contributed by atoms with Gasteiger partial charge in [-0.05, 0) is 18.2 Å². The molecule has 1 aromatic rings. The number of hydrogen-bond acceptors (Lipinski definition) is 5. The molecule has 0 aliphatic carbocycles. The normalized spacial score (nSPS) is 11.4. The zero-order valence-corrected chi connectivity index (χ0v) is 11.4. The van der Waals surface area contributed by atoms with Crippen LogP contribution in [0.4, 0.5) is 4.39 Å². The van der Waals surface area contributed by atoms with Gasteiger partial charge in [0, 0.05) is 12.5 Å². The van der Waals surface area contributed by atoms with Crippen LogP contribution in [0.2, 0.25) is 0 Å². The van der Waals surface area contributed by atoms with Gasteiger partial charge in [-0.2, -0.15) is 0 Å². The van der Waals surface area contributed by atoms with Crippen LogP contribution < -0.4 is 4.74 Å². The predicted molar refractivity (Wildman–Crippen MR) is 68.6 cm³/mol. The van der Waals surface area contributed by atoms with Crippen molar-refractivity contribution in [1.82, 2.24) is 0 Å². The van der Waals surface area contributed by atoms with E-state index in [-0.39, 0.29) is 11.1 Å². The molecule has 0 saturated carbocycles. The number of halogens is 1. The SMILES string of the molecule is C=C(C(=O)OC)C(OC(C)=O)c1cc(OC)ccc1F. The van der Waals surface area contributed by atoms with Crippen LogP contribution in [0.5, 0.6) is 5.75 Å². The summed E-state index contributed by atoms with van der Waals surface area (Å²) in [6, 6.07) is 3.89. The first-order valence-electron chi connectivity index (χ1n) is 5.68. The zero-order valence-electron chi connectivity index (χ0n) is 11.4. The maximum atomic E-state index is 13.9. The largest absolute Gasteiger partial charge is 0.497 e. The van der Waals surface area contributed by atoms with Crippen LogP contribution in [0.15, 0.2) is 30.4 Å². The second-order valence-electron chi connectivity index (χ2n) is 3.89. The molecule has 1 aromatic carbocycles. The Morgan fingerprint density at radius 1 is 1.30 bits per heavy atom. The molecule has 0 aromatic heterocycles. The van der Waals surface area contributed by atoms with E-state index in [4.69, 9.17) is 9.47 Å². The van der Waals surface area contributed by atoms with Crippen molar-refractivity contribution in [2.75, 3.05) is 14.2 Å². The summed E-state index contributed by atoms with van der Waals surface area (Å²) in [6.45, 7) is 4.64. The topological polar surface area (TPSA) is 61.8 Å². The molecule has 20 heavy (non-hydrogen) atoms. The molecule has 0 amide bonds. The maximum Gasteiger partial charge on any atom is 0.337 e. The van der Waals surface area contributed by atoms with E-state index in [1.807, 2.05) is 0 Å². The van der Waals surface area contributed by atoms with Crippen LogP contribution >= 0.6 is 0 Å². The molecular formula is C14H15FO5. The molecule has 108 valence electrons.